The van der Waals surface area contributed by atoms with Crippen LogP contribution in [0.4, 0.5) is 0 Å². The Morgan fingerprint density at radius 1 is 1.12 bits per heavy atom. The lowest BCUT2D eigenvalue weighted by molar-refractivity contribution is 0.572. The van der Waals surface area contributed by atoms with Crippen LogP contribution in [0, 0.1) is 13.8 Å². The molecule has 1 unspecified atom stereocenters. The molecule has 0 bridgehead atoms. The zero-order valence-corrected chi connectivity index (χ0v) is 11.2. The van der Waals surface area contributed by atoms with Crippen LogP contribution in [0.25, 0.3) is 0 Å². The highest BCUT2D eigenvalue weighted by atomic mass is 14.6. The lowest BCUT2D eigenvalue weighted by Gasteiger charge is -2.13. The summed E-state index contributed by atoms with van der Waals surface area (Å²) >= 11 is 0. The van der Waals surface area contributed by atoms with Gasteiger partial charge in [-0.15, -0.1) is 6.58 Å². The maximum Gasteiger partial charge on any atom is 0.0295 e. The average Bonchev–Trinajstić information content (AvgIpc) is 2.27. The maximum atomic E-state index is 6.23. The van der Waals surface area contributed by atoms with E-state index in [0.717, 1.165) is 12.8 Å². The van der Waals surface area contributed by atoms with Crippen LogP contribution in [0.2, 0.25) is 0 Å². The minimum atomic E-state index is 0.192. The molecule has 0 aliphatic rings. The Morgan fingerprint density at radius 3 is 2.35 bits per heavy atom. The molecular formula is C16H25N. The number of hydrogen-bond donors (Lipinski definition) is 1. The molecule has 1 heteroatoms. The van der Waals surface area contributed by atoms with Crippen molar-refractivity contribution in [1.82, 2.24) is 0 Å². The number of rotatable bonds is 7. The zero-order chi connectivity index (χ0) is 12.7. The molecule has 1 nitrogen and oxygen atoms in total. The van der Waals surface area contributed by atoms with E-state index in [0.29, 0.717) is 0 Å². The van der Waals surface area contributed by atoms with Gasteiger partial charge in [-0.05, 0) is 38.7 Å². The van der Waals surface area contributed by atoms with Crippen molar-refractivity contribution in [2.24, 2.45) is 5.73 Å². The molecule has 0 spiro atoms. The fraction of sp³-hybridized carbons (Fsp3) is 0.500. The SMILES string of the molecule is C=CCCCCCC(N)c1cc(C)cc(C)c1. The van der Waals surface area contributed by atoms with E-state index in [1.54, 1.807) is 0 Å². The van der Waals surface area contributed by atoms with Gasteiger partial charge in [0, 0.05) is 6.04 Å². The molecule has 1 aromatic carbocycles. The Hall–Kier alpha value is -1.08. The van der Waals surface area contributed by atoms with Crippen molar-refractivity contribution >= 4 is 0 Å². The molecule has 0 fully saturated rings. The van der Waals surface area contributed by atoms with Crippen molar-refractivity contribution in [3.63, 3.8) is 0 Å². The number of hydrogen-bond acceptors (Lipinski definition) is 1. The Kier molecular flexibility index (Phi) is 5.99. The highest BCUT2D eigenvalue weighted by Crippen LogP contribution is 2.20. The average molecular weight is 231 g/mol. The van der Waals surface area contributed by atoms with E-state index < -0.39 is 0 Å². The van der Waals surface area contributed by atoms with Gasteiger partial charge in [0.25, 0.3) is 0 Å². The van der Waals surface area contributed by atoms with E-state index >= 15 is 0 Å². The van der Waals surface area contributed by atoms with E-state index in [9.17, 15) is 0 Å². The molecule has 94 valence electrons. The van der Waals surface area contributed by atoms with Gasteiger partial charge in [-0.2, -0.15) is 0 Å². The van der Waals surface area contributed by atoms with Gasteiger partial charge in [-0.25, -0.2) is 0 Å². The quantitative estimate of drug-likeness (QED) is 0.545. The molecule has 1 rings (SSSR count). The summed E-state index contributed by atoms with van der Waals surface area (Å²) in [6, 6.07) is 6.81. The fourth-order valence-electron chi connectivity index (χ4n) is 2.22. The topological polar surface area (TPSA) is 26.0 Å². The van der Waals surface area contributed by atoms with Gasteiger partial charge in [0.15, 0.2) is 0 Å². The second-order valence-corrected chi connectivity index (χ2v) is 4.95. The maximum absolute atomic E-state index is 6.23. The van der Waals surface area contributed by atoms with Crippen molar-refractivity contribution < 1.29 is 0 Å². The van der Waals surface area contributed by atoms with Crippen molar-refractivity contribution in [1.29, 1.82) is 0 Å². The molecular weight excluding hydrogens is 206 g/mol. The third-order valence-corrected chi connectivity index (χ3v) is 3.10. The smallest absolute Gasteiger partial charge is 0.0295 e. The van der Waals surface area contributed by atoms with E-state index in [4.69, 9.17) is 5.73 Å². The third-order valence-electron chi connectivity index (χ3n) is 3.10. The van der Waals surface area contributed by atoms with Crippen molar-refractivity contribution in [2.45, 2.75) is 52.0 Å². The van der Waals surface area contributed by atoms with E-state index in [2.05, 4.69) is 38.6 Å². The molecule has 0 heterocycles. The van der Waals surface area contributed by atoms with Crippen LogP contribution in [0.3, 0.4) is 0 Å². The molecule has 1 aromatic rings. The second-order valence-electron chi connectivity index (χ2n) is 4.95. The Balaban J connectivity index is 2.40. The van der Waals surface area contributed by atoms with Gasteiger partial charge in [0.2, 0.25) is 0 Å². The van der Waals surface area contributed by atoms with Gasteiger partial charge < -0.3 is 5.73 Å². The lowest BCUT2D eigenvalue weighted by Crippen LogP contribution is -2.10. The van der Waals surface area contributed by atoms with Crippen molar-refractivity contribution in [3.8, 4) is 0 Å². The van der Waals surface area contributed by atoms with E-state index in [-0.39, 0.29) is 6.04 Å². The third kappa shape index (κ3) is 5.18. The predicted molar refractivity (Wildman–Crippen MR) is 76.1 cm³/mol. The van der Waals surface area contributed by atoms with Gasteiger partial charge in [0.05, 0.1) is 0 Å². The van der Waals surface area contributed by atoms with E-state index in [1.165, 1.54) is 36.0 Å². The molecule has 0 saturated carbocycles. The van der Waals surface area contributed by atoms with Crippen LogP contribution in [-0.2, 0) is 0 Å². The first-order chi connectivity index (χ1) is 8.13. The minimum absolute atomic E-state index is 0.192. The molecule has 2 N–H and O–H groups in total. The van der Waals surface area contributed by atoms with Crippen LogP contribution in [0.1, 0.15) is 54.8 Å². The first-order valence-electron chi connectivity index (χ1n) is 6.58. The van der Waals surface area contributed by atoms with Crippen LogP contribution in [-0.4, -0.2) is 0 Å². The van der Waals surface area contributed by atoms with Crippen LogP contribution >= 0.6 is 0 Å². The minimum Gasteiger partial charge on any atom is -0.324 e. The molecule has 0 aromatic heterocycles. The molecule has 0 saturated heterocycles. The number of allylic oxidation sites excluding steroid dienone is 1. The number of unbranched alkanes of at least 4 members (excludes halogenated alkanes) is 3. The Morgan fingerprint density at radius 2 is 1.76 bits per heavy atom. The summed E-state index contributed by atoms with van der Waals surface area (Å²) in [6.45, 7) is 8.00. The van der Waals surface area contributed by atoms with Crippen LogP contribution in [0.5, 0.6) is 0 Å². The largest absolute Gasteiger partial charge is 0.324 e. The summed E-state index contributed by atoms with van der Waals surface area (Å²) in [6.07, 6.45) is 7.90. The van der Waals surface area contributed by atoms with Crippen LogP contribution < -0.4 is 5.73 Å². The zero-order valence-electron chi connectivity index (χ0n) is 11.2. The van der Waals surface area contributed by atoms with Gasteiger partial charge >= 0.3 is 0 Å². The summed E-state index contributed by atoms with van der Waals surface area (Å²) in [5.74, 6) is 0. The molecule has 0 amide bonds. The normalized spacial score (nSPS) is 12.4. The monoisotopic (exact) mass is 231 g/mol. The molecule has 0 aliphatic heterocycles. The summed E-state index contributed by atoms with van der Waals surface area (Å²) in [5, 5.41) is 0. The van der Waals surface area contributed by atoms with Crippen molar-refractivity contribution in [3.05, 3.63) is 47.5 Å². The first-order valence-corrected chi connectivity index (χ1v) is 6.58. The van der Waals surface area contributed by atoms with Crippen LogP contribution in [0.15, 0.2) is 30.9 Å². The first kappa shape index (κ1) is 14.0. The Bertz CT molecular complexity index is 334. The highest BCUT2D eigenvalue weighted by molar-refractivity contribution is 5.30. The molecule has 0 radical (unpaired) electrons. The summed E-state index contributed by atoms with van der Waals surface area (Å²) in [7, 11) is 0. The Labute approximate surface area is 106 Å². The van der Waals surface area contributed by atoms with Gasteiger partial charge in [-0.1, -0.05) is 48.2 Å². The standard InChI is InChI=1S/C16H25N/c1-4-5-6-7-8-9-16(17)15-11-13(2)10-14(3)12-15/h4,10-12,16H,1,5-9,17H2,2-3H3. The number of nitrogens with two attached hydrogens (primary N) is 1. The highest BCUT2D eigenvalue weighted by Gasteiger charge is 2.06. The van der Waals surface area contributed by atoms with Gasteiger partial charge in [0.1, 0.15) is 0 Å². The lowest BCUT2D eigenvalue weighted by atomic mass is 9.97. The molecule has 1 atom stereocenters. The second kappa shape index (κ2) is 7.29. The summed E-state index contributed by atoms with van der Waals surface area (Å²) in [5.41, 5.74) is 10.1. The van der Waals surface area contributed by atoms with Crippen molar-refractivity contribution in [2.75, 3.05) is 0 Å². The predicted octanol–water partition coefficient (Wildman–Crippen LogP) is 4.44. The summed E-state index contributed by atoms with van der Waals surface area (Å²) in [4.78, 5) is 0. The fourth-order valence-corrected chi connectivity index (χ4v) is 2.22. The van der Waals surface area contributed by atoms with E-state index in [1.807, 2.05) is 6.08 Å². The molecule has 17 heavy (non-hydrogen) atoms. The number of aryl methyl sites for hydroxylation is 2. The number of benzene rings is 1. The molecule has 0 aliphatic carbocycles. The summed E-state index contributed by atoms with van der Waals surface area (Å²) < 4.78 is 0. The van der Waals surface area contributed by atoms with Gasteiger partial charge in [-0.3, -0.25) is 0 Å².